The number of carbonyl (C=O) groups excluding carboxylic acids is 3. The maximum atomic E-state index is 13.4. The molecular formula is C20H21FN4O3. The monoisotopic (exact) mass is 384 g/mol. The molecule has 1 aromatic carbocycles. The Bertz CT molecular complexity index is 1010. The van der Waals surface area contributed by atoms with Crippen LogP contribution in [0.1, 0.15) is 52.7 Å². The Morgan fingerprint density at radius 2 is 1.86 bits per heavy atom. The average Bonchev–Trinajstić information content (AvgIpc) is 2.88. The molecule has 8 heteroatoms. The van der Waals surface area contributed by atoms with Crippen molar-refractivity contribution in [3.05, 3.63) is 52.6 Å². The minimum absolute atomic E-state index is 0.117. The molecule has 0 saturated heterocycles. The Kier molecular flexibility index (Phi) is 5.69. The number of rotatable bonds is 4. The Balaban J connectivity index is 2.30. The molecule has 0 radical (unpaired) electrons. The van der Waals surface area contributed by atoms with Gasteiger partial charge >= 0.3 is 0 Å². The van der Waals surface area contributed by atoms with Crippen molar-refractivity contribution in [3.63, 3.8) is 0 Å². The number of nitrogens with one attached hydrogen (secondary N) is 2. The molecule has 2 N–H and O–H groups in total. The minimum Gasteiger partial charge on any atom is -0.346 e. The standard InChI is InChI=1S/C20H21FN4O3/c1-11-14(17(26)19(28)24-20(2,3)4)10-25(5)16(11)18(27)23-13-6-7-15(21)12(8-13)9-22/h6-8,10H,1-5H3,(H,23,27)(H,24,28). The molecule has 0 spiro atoms. The predicted octanol–water partition coefficient (Wildman–Crippen LogP) is 2.69. The van der Waals surface area contributed by atoms with E-state index in [-0.39, 0.29) is 22.5 Å². The van der Waals surface area contributed by atoms with Gasteiger partial charge in [-0.3, -0.25) is 14.4 Å². The maximum Gasteiger partial charge on any atom is 0.292 e. The van der Waals surface area contributed by atoms with Crippen LogP contribution in [0.3, 0.4) is 0 Å². The summed E-state index contributed by atoms with van der Waals surface area (Å²) in [5.74, 6) is -2.74. The first kappa shape index (κ1) is 20.8. The molecule has 2 rings (SSSR count). The first-order valence-electron chi connectivity index (χ1n) is 8.48. The van der Waals surface area contributed by atoms with E-state index in [1.807, 2.05) is 0 Å². The summed E-state index contributed by atoms with van der Waals surface area (Å²) in [6.07, 6.45) is 1.42. The molecule has 2 amide bonds. The van der Waals surface area contributed by atoms with E-state index in [0.717, 1.165) is 6.07 Å². The molecule has 2 aromatic rings. The maximum absolute atomic E-state index is 13.4. The topological polar surface area (TPSA) is 104 Å². The fourth-order valence-corrected chi connectivity index (χ4v) is 2.71. The number of Topliss-reactive ketones (excluding diaryl/α,β-unsaturated/α-hetero) is 1. The van der Waals surface area contributed by atoms with E-state index >= 15 is 0 Å². The van der Waals surface area contributed by atoms with Gasteiger partial charge in [0.15, 0.2) is 0 Å². The number of halogens is 1. The first-order chi connectivity index (χ1) is 12.9. The molecule has 28 heavy (non-hydrogen) atoms. The summed E-state index contributed by atoms with van der Waals surface area (Å²) in [6.45, 7) is 6.84. The lowest BCUT2D eigenvalue weighted by atomic mass is 10.0. The SMILES string of the molecule is Cc1c(C(=O)C(=O)NC(C)(C)C)cn(C)c1C(=O)Nc1ccc(F)c(C#N)c1. The lowest BCUT2D eigenvalue weighted by molar-refractivity contribution is -0.118. The van der Waals surface area contributed by atoms with Crippen LogP contribution in [0.15, 0.2) is 24.4 Å². The molecule has 7 nitrogen and oxygen atoms in total. The van der Waals surface area contributed by atoms with Gasteiger partial charge in [-0.2, -0.15) is 5.26 Å². The van der Waals surface area contributed by atoms with Crippen LogP contribution >= 0.6 is 0 Å². The number of ketones is 1. The minimum atomic E-state index is -0.759. The van der Waals surface area contributed by atoms with Crippen LogP contribution in [0.25, 0.3) is 0 Å². The number of hydrogen-bond acceptors (Lipinski definition) is 4. The first-order valence-corrected chi connectivity index (χ1v) is 8.48. The van der Waals surface area contributed by atoms with Gasteiger partial charge in [0.25, 0.3) is 17.6 Å². The fourth-order valence-electron chi connectivity index (χ4n) is 2.71. The summed E-state index contributed by atoms with van der Waals surface area (Å²) in [4.78, 5) is 37.3. The van der Waals surface area contributed by atoms with Crippen LogP contribution in [-0.4, -0.2) is 27.7 Å². The number of benzene rings is 1. The molecule has 0 aliphatic carbocycles. The lowest BCUT2D eigenvalue weighted by Crippen LogP contribution is -2.44. The molecule has 0 bridgehead atoms. The van der Waals surface area contributed by atoms with Gasteiger partial charge in [-0.15, -0.1) is 0 Å². The summed E-state index contributed by atoms with van der Waals surface area (Å²) in [5.41, 5.74) is 0.104. The molecule has 0 unspecified atom stereocenters. The second-order valence-electron chi connectivity index (χ2n) is 7.42. The smallest absolute Gasteiger partial charge is 0.292 e. The molecular weight excluding hydrogens is 363 g/mol. The zero-order valence-corrected chi connectivity index (χ0v) is 16.3. The number of nitrogens with zero attached hydrogens (tertiary/aromatic N) is 2. The molecule has 0 aliphatic rings. The van der Waals surface area contributed by atoms with Crippen LogP contribution in [-0.2, 0) is 11.8 Å². The zero-order chi connectivity index (χ0) is 21.2. The van der Waals surface area contributed by atoms with E-state index in [0.29, 0.717) is 5.56 Å². The van der Waals surface area contributed by atoms with Gasteiger partial charge in [0.05, 0.1) is 5.56 Å². The van der Waals surface area contributed by atoms with E-state index in [4.69, 9.17) is 5.26 Å². The van der Waals surface area contributed by atoms with Gasteiger partial charge in [-0.25, -0.2) is 4.39 Å². The van der Waals surface area contributed by atoms with Crippen molar-refractivity contribution in [2.24, 2.45) is 7.05 Å². The van der Waals surface area contributed by atoms with Crippen molar-refractivity contribution in [1.82, 2.24) is 9.88 Å². The Morgan fingerprint density at radius 1 is 1.21 bits per heavy atom. The van der Waals surface area contributed by atoms with E-state index in [9.17, 15) is 18.8 Å². The quantitative estimate of drug-likeness (QED) is 0.625. The largest absolute Gasteiger partial charge is 0.346 e. The molecule has 0 saturated carbocycles. The third kappa shape index (κ3) is 4.43. The normalized spacial score (nSPS) is 10.9. The highest BCUT2D eigenvalue weighted by Crippen LogP contribution is 2.20. The van der Waals surface area contributed by atoms with Crippen molar-refractivity contribution in [2.75, 3.05) is 5.32 Å². The number of aromatic nitrogens is 1. The van der Waals surface area contributed by atoms with Crippen LogP contribution in [0.4, 0.5) is 10.1 Å². The van der Waals surface area contributed by atoms with Crippen molar-refractivity contribution >= 4 is 23.3 Å². The molecule has 0 aliphatic heterocycles. The summed E-state index contributed by atoms with van der Waals surface area (Å²) < 4.78 is 14.9. The molecule has 1 heterocycles. The lowest BCUT2D eigenvalue weighted by Gasteiger charge is -2.19. The van der Waals surface area contributed by atoms with Crippen molar-refractivity contribution < 1.29 is 18.8 Å². The van der Waals surface area contributed by atoms with Crippen molar-refractivity contribution in [1.29, 1.82) is 5.26 Å². The van der Waals surface area contributed by atoms with Gasteiger partial charge in [0.2, 0.25) is 0 Å². The highest BCUT2D eigenvalue weighted by Gasteiger charge is 2.27. The average molecular weight is 384 g/mol. The van der Waals surface area contributed by atoms with Crippen molar-refractivity contribution in [2.45, 2.75) is 33.2 Å². The number of amides is 2. The molecule has 1 aromatic heterocycles. The van der Waals surface area contributed by atoms with Crippen molar-refractivity contribution in [3.8, 4) is 6.07 Å². The Labute approximate surface area is 162 Å². The highest BCUT2D eigenvalue weighted by atomic mass is 19.1. The van der Waals surface area contributed by atoms with Gasteiger partial charge in [-0.1, -0.05) is 0 Å². The van der Waals surface area contributed by atoms with E-state index in [1.165, 1.54) is 22.9 Å². The molecule has 0 atom stereocenters. The second-order valence-corrected chi connectivity index (χ2v) is 7.42. The van der Waals surface area contributed by atoms with Gasteiger partial charge in [-0.05, 0) is 51.5 Å². The summed E-state index contributed by atoms with van der Waals surface area (Å²) in [7, 11) is 1.58. The van der Waals surface area contributed by atoms with E-state index in [1.54, 1.807) is 40.8 Å². The predicted molar refractivity (Wildman–Crippen MR) is 101 cm³/mol. The number of hydrogen-bond donors (Lipinski definition) is 2. The van der Waals surface area contributed by atoms with Crippen LogP contribution in [0, 0.1) is 24.1 Å². The summed E-state index contributed by atoms with van der Waals surface area (Å²) in [5, 5.41) is 14.1. The van der Waals surface area contributed by atoms with Crippen LogP contribution in [0.2, 0.25) is 0 Å². The molecule has 0 fully saturated rings. The van der Waals surface area contributed by atoms with Gasteiger partial charge < -0.3 is 15.2 Å². The number of nitriles is 1. The second kappa shape index (κ2) is 7.64. The number of aryl methyl sites for hydroxylation is 1. The number of anilines is 1. The van der Waals surface area contributed by atoms with E-state index < -0.39 is 29.0 Å². The van der Waals surface area contributed by atoms with Gasteiger partial charge in [0, 0.05) is 30.0 Å². The van der Waals surface area contributed by atoms with E-state index in [2.05, 4.69) is 10.6 Å². The van der Waals surface area contributed by atoms with Crippen LogP contribution < -0.4 is 10.6 Å². The fraction of sp³-hybridized carbons (Fsp3) is 0.300. The number of carbonyl (C=O) groups is 3. The Hall–Kier alpha value is -3.47. The third-order valence-corrected chi connectivity index (χ3v) is 3.93. The van der Waals surface area contributed by atoms with Crippen LogP contribution in [0.5, 0.6) is 0 Å². The summed E-state index contributed by atoms with van der Waals surface area (Å²) in [6, 6.07) is 5.33. The molecule has 146 valence electrons. The highest BCUT2D eigenvalue weighted by molar-refractivity contribution is 6.43. The summed E-state index contributed by atoms with van der Waals surface area (Å²) >= 11 is 0. The van der Waals surface area contributed by atoms with Gasteiger partial charge in [0.1, 0.15) is 17.6 Å². The third-order valence-electron chi connectivity index (χ3n) is 3.93. The Morgan fingerprint density at radius 3 is 2.43 bits per heavy atom. The zero-order valence-electron chi connectivity index (χ0n) is 16.3.